The van der Waals surface area contributed by atoms with E-state index in [4.69, 9.17) is 4.74 Å². The summed E-state index contributed by atoms with van der Waals surface area (Å²) in [5, 5.41) is 28.7. The number of nitrogens with zero attached hydrogens (tertiary/aromatic N) is 5. The summed E-state index contributed by atoms with van der Waals surface area (Å²) in [7, 11) is 3.48. The molecular weight excluding hydrogens is 390 g/mol. The first kappa shape index (κ1) is 20.2. The van der Waals surface area contributed by atoms with Gasteiger partial charge in [0.15, 0.2) is 5.82 Å². The lowest BCUT2D eigenvalue weighted by Crippen LogP contribution is -2.58. The highest BCUT2D eigenvalue weighted by Crippen LogP contribution is 2.36. The number of piperidine rings is 2. The highest BCUT2D eigenvalue weighted by Gasteiger charge is 2.42. The molecule has 2 aliphatic rings. The zero-order valence-corrected chi connectivity index (χ0v) is 17.1. The van der Waals surface area contributed by atoms with Gasteiger partial charge in [-0.1, -0.05) is 0 Å². The summed E-state index contributed by atoms with van der Waals surface area (Å²) in [4.78, 5) is 24.4. The molecule has 11 nitrogen and oxygen atoms in total. The molecular formula is C19H27N7O4. The number of fused-ring (bicyclic) bond motifs is 2. The van der Waals surface area contributed by atoms with Gasteiger partial charge in [0, 0.05) is 37.3 Å². The van der Waals surface area contributed by atoms with Crippen molar-refractivity contribution in [3.63, 3.8) is 0 Å². The topological polar surface area (TPSA) is 140 Å². The molecule has 30 heavy (non-hydrogen) atoms. The molecule has 4 heterocycles. The number of amides is 1. The smallest absolute Gasteiger partial charge is 0.407 e. The SMILES string of the molecule is COc1cc(Nc2cc(CO)[nH]n2)nc(N(C)[C@@H]2C[C@H]3CCC[C@@H](C2)N3C(=O)O)n1. The van der Waals surface area contributed by atoms with Gasteiger partial charge in [0.05, 0.1) is 19.4 Å². The number of hydrogen-bond acceptors (Lipinski definition) is 8. The van der Waals surface area contributed by atoms with Crippen molar-refractivity contribution < 1.29 is 19.7 Å². The van der Waals surface area contributed by atoms with E-state index in [2.05, 4.69) is 25.5 Å². The number of carboxylic acid groups (broad SMARTS) is 1. The minimum absolute atomic E-state index is 0.0339. The Labute approximate surface area is 174 Å². The van der Waals surface area contributed by atoms with Crippen molar-refractivity contribution in [2.75, 3.05) is 24.4 Å². The van der Waals surface area contributed by atoms with Gasteiger partial charge >= 0.3 is 6.09 Å². The van der Waals surface area contributed by atoms with Crippen molar-refractivity contribution in [1.29, 1.82) is 0 Å². The van der Waals surface area contributed by atoms with Crippen molar-refractivity contribution in [3.8, 4) is 5.88 Å². The Kier molecular flexibility index (Phi) is 5.62. The van der Waals surface area contributed by atoms with Gasteiger partial charge in [-0.3, -0.25) is 5.10 Å². The maximum Gasteiger partial charge on any atom is 0.407 e. The number of aliphatic hydroxyl groups excluding tert-OH is 1. The summed E-state index contributed by atoms with van der Waals surface area (Å²) < 4.78 is 5.35. The van der Waals surface area contributed by atoms with E-state index in [1.54, 1.807) is 24.1 Å². The zero-order valence-electron chi connectivity index (χ0n) is 17.1. The second-order valence-electron chi connectivity index (χ2n) is 7.82. The van der Waals surface area contributed by atoms with Gasteiger partial charge in [0.25, 0.3) is 0 Å². The molecule has 0 spiro atoms. The first-order chi connectivity index (χ1) is 14.5. The monoisotopic (exact) mass is 417 g/mol. The Morgan fingerprint density at radius 2 is 2.03 bits per heavy atom. The summed E-state index contributed by atoms with van der Waals surface area (Å²) in [5.41, 5.74) is 0.590. The molecule has 4 rings (SSSR count). The Hall–Kier alpha value is -3.08. The molecule has 2 bridgehead atoms. The van der Waals surface area contributed by atoms with E-state index < -0.39 is 6.09 Å². The summed E-state index contributed by atoms with van der Waals surface area (Å²) in [6.07, 6.45) is 3.54. The maximum absolute atomic E-state index is 11.7. The van der Waals surface area contributed by atoms with Crippen molar-refractivity contribution in [3.05, 3.63) is 17.8 Å². The van der Waals surface area contributed by atoms with Gasteiger partial charge in [-0.2, -0.15) is 15.1 Å². The largest absolute Gasteiger partial charge is 0.481 e. The Morgan fingerprint density at radius 1 is 1.30 bits per heavy atom. The maximum atomic E-state index is 11.7. The molecule has 2 aliphatic heterocycles. The van der Waals surface area contributed by atoms with E-state index in [0.717, 1.165) is 32.1 Å². The van der Waals surface area contributed by atoms with E-state index in [-0.39, 0.29) is 24.7 Å². The van der Waals surface area contributed by atoms with Crippen molar-refractivity contribution in [1.82, 2.24) is 25.1 Å². The number of aromatic nitrogens is 4. The second kappa shape index (κ2) is 8.34. The zero-order chi connectivity index (χ0) is 21.3. The fourth-order valence-corrected chi connectivity index (χ4v) is 4.52. The minimum Gasteiger partial charge on any atom is -0.481 e. The van der Waals surface area contributed by atoms with E-state index in [1.807, 2.05) is 11.9 Å². The molecule has 0 radical (unpaired) electrons. The third-order valence-electron chi connectivity index (χ3n) is 5.99. The Bertz CT molecular complexity index is 891. The van der Waals surface area contributed by atoms with Crippen LogP contribution in [0, 0.1) is 0 Å². The molecule has 2 fully saturated rings. The first-order valence-corrected chi connectivity index (χ1v) is 10.1. The molecule has 0 aromatic carbocycles. The molecule has 0 unspecified atom stereocenters. The van der Waals surface area contributed by atoms with Crippen LogP contribution in [-0.2, 0) is 6.61 Å². The van der Waals surface area contributed by atoms with Crippen molar-refractivity contribution in [2.45, 2.75) is 56.8 Å². The number of methoxy groups -OCH3 is 1. The van der Waals surface area contributed by atoms with E-state index in [0.29, 0.717) is 29.2 Å². The highest BCUT2D eigenvalue weighted by molar-refractivity contribution is 5.66. The van der Waals surface area contributed by atoms with Crippen LogP contribution < -0.4 is 15.0 Å². The average molecular weight is 417 g/mol. The third kappa shape index (κ3) is 3.97. The van der Waals surface area contributed by atoms with Crippen LogP contribution in [-0.4, -0.2) is 73.7 Å². The predicted octanol–water partition coefficient (Wildman–Crippen LogP) is 1.94. The number of hydrogen-bond donors (Lipinski definition) is 4. The molecule has 3 atom stereocenters. The van der Waals surface area contributed by atoms with Crippen molar-refractivity contribution in [2.24, 2.45) is 0 Å². The summed E-state index contributed by atoms with van der Waals surface area (Å²) in [6.45, 7) is -0.132. The lowest BCUT2D eigenvalue weighted by molar-refractivity contribution is 0.0351. The van der Waals surface area contributed by atoms with Crippen LogP contribution in [0.1, 0.15) is 37.8 Å². The quantitative estimate of drug-likeness (QED) is 0.555. The standard InChI is InChI=1S/C19H27N7O4/c1-25(14-7-12-4-3-5-13(8-14)26(12)19(28)29)18-21-15(9-17(22-18)30-2)20-16-6-11(10-27)23-24-16/h6,9,12-14,27H,3-5,7-8,10H2,1-2H3,(H,28,29)(H2,20,21,22,23,24)/t12-,13+,14-. The Morgan fingerprint density at radius 3 is 2.63 bits per heavy atom. The van der Waals surface area contributed by atoms with E-state index >= 15 is 0 Å². The van der Waals surface area contributed by atoms with Crippen LogP contribution in [0.3, 0.4) is 0 Å². The van der Waals surface area contributed by atoms with Gasteiger partial charge in [0.1, 0.15) is 5.82 Å². The molecule has 4 N–H and O–H groups in total. The summed E-state index contributed by atoms with van der Waals surface area (Å²) in [5.74, 6) is 1.96. The number of ether oxygens (including phenoxy) is 1. The molecule has 0 saturated carbocycles. The lowest BCUT2D eigenvalue weighted by atomic mass is 9.81. The molecule has 162 valence electrons. The average Bonchev–Trinajstić information content (AvgIpc) is 3.19. The van der Waals surface area contributed by atoms with Crippen LogP contribution in [0.4, 0.5) is 22.4 Å². The van der Waals surface area contributed by atoms with Crippen molar-refractivity contribution >= 4 is 23.7 Å². The Balaban J connectivity index is 1.54. The van der Waals surface area contributed by atoms with Crippen LogP contribution >= 0.6 is 0 Å². The minimum atomic E-state index is -0.823. The number of rotatable bonds is 6. The number of anilines is 3. The second-order valence-corrected chi connectivity index (χ2v) is 7.82. The van der Waals surface area contributed by atoms with Gasteiger partial charge in [0.2, 0.25) is 11.8 Å². The fourth-order valence-electron chi connectivity index (χ4n) is 4.52. The van der Waals surface area contributed by atoms with Gasteiger partial charge < -0.3 is 30.1 Å². The van der Waals surface area contributed by atoms with Gasteiger partial charge in [-0.05, 0) is 32.1 Å². The number of carbonyl (C=O) groups is 1. The number of H-pyrrole nitrogens is 1. The normalized spacial score (nSPS) is 23.2. The predicted molar refractivity (Wildman–Crippen MR) is 109 cm³/mol. The van der Waals surface area contributed by atoms with Gasteiger partial charge in [-0.25, -0.2) is 4.79 Å². The highest BCUT2D eigenvalue weighted by atomic mass is 16.5. The lowest BCUT2D eigenvalue weighted by Gasteiger charge is -2.49. The summed E-state index contributed by atoms with van der Waals surface area (Å²) >= 11 is 0. The van der Waals surface area contributed by atoms with Crippen LogP contribution in [0.15, 0.2) is 12.1 Å². The first-order valence-electron chi connectivity index (χ1n) is 10.1. The molecule has 0 aliphatic carbocycles. The molecule has 2 aromatic heterocycles. The van der Waals surface area contributed by atoms with Crippen LogP contribution in [0.5, 0.6) is 5.88 Å². The van der Waals surface area contributed by atoms with E-state index in [9.17, 15) is 15.0 Å². The molecule has 11 heteroatoms. The van der Waals surface area contributed by atoms with E-state index in [1.165, 1.54) is 0 Å². The van der Waals surface area contributed by atoms with Gasteiger partial charge in [-0.15, -0.1) is 0 Å². The van der Waals surface area contributed by atoms with Crippen LogP contribution in [0.2, 0.25) is 0 Å². The molecule has 2 saturated heterocycles. The number of aliphatic hydroxyl groups is 1. The fraction of sp³-hybridized carbons (Fsp3) is 0.579. The van der Waals surface area contributed by atoms with Crippen LogP contribution in [0.25, 0.3) is 0 Å². The third-order valence-corrected chi connectivity index (χ3v) is 5.99. The number of aromatic amines is 1. The molecule has 1 amide bonds. The number of nitrogens with one attached hydrogen (secondary N) is 2. The summed E-state index contributed by atoms with van der Waals surface area (Å²) in [6, 6.07) is 3.58. The molecule has 2 aromatic rings.